The number of aliphatic carboxylic acids is 1. The second-order valence-corrected chi connectivity index (χ2v) is 6.98. The van der Waals surface area contributed by atoms with E-state index in [0.29, 0.717) is 11.1 Å². The Morgan fingerprint density at radius 1 is 1.04 bits per heavy atom. The van der Waals surface area contributed by atoms with Gasteiger partial charge >= 0.3 is 0 Å². The Kier molecular flexibility index (Phi) is 4.33. The predicted molar refractivity (Wildman–Crippen MR) is 98.1 cm³/mol. The zero-order valence-corrected chi connectivity index (χ0v) is 14.5. The quantitative estimate of drug-likeness (QED) is 0.721. The van der Waals surface area contributed by atoms with Crippen LogP contribution in [0.15, 0.2) is 48.7 Å². The molecule has 3 aromatic rings. The van der Waals surface area contributed by atoms with Crippen LogP contribution in [0, 0.1) is 0 Å². The first-order valence-electron chi connectivity index (χ1n) is 9.05. The van der Waals surface area contributed by atoms with Gasteiger partial charge in [-0.05, 0) is 54.5 Å². The summed E-state index contributed by atoms with van der Waals surface area (Å²) >= 11 is 0. The Balaban J connectivity index is 1.63. The largest absolute Gasteiger partial charge is 0.549 e. The number of aromatic amines is 1. The van der Waals surface area contributed by atoms with Gasteiger partial charge in [-0.1, -0.05) is 30.3 Å². The average Bonchev–Trinajstić information content (AvgIpc) is 3.09. The van der Waals surface area contributed by atoms with Crippen LogP contribution in [0.25, 0.3) is 10.9 Å². The first-order chi connectivity index (χ1) is 12.6. The van der Waals surface area contributed by atoms with Gasteiger partial charge in [0.15, 0.2) is 5.78 Å². The fourth-order valence-electron chi connectivity index (χ4n) is 3.91. The second-order valence-electron chi connectivity index (χ2n) is 6.98. The van der Waals surface area contributed by atoms with Crippen molar-refractivity contribution in [1.82, 2.24) is 4.98 Å². The number of para-hydroxylation sites is 1. The van der Waals surface area contributed by atoms with E-state index in [-0.39, 0.29) is 12.2 Å². The average molecular weight is 346 g/mol. The zero-order valence-electron chi connectivity index (χ0n) is 14.5. The number of aromatic nitrogens is 1. The number of carbonyl (C=O) groups excluding carboxylic acids is 2. The summed E-state index contributed by atoms with van der Waals surface area (Å²) in [7, 11) is 0. The van der Waals surface area contributed by atoms with Crippen LogP contribution in [0.2, 0.25) is 0 Å². The number of H-pyrrole nitrogens is 1. The molecule has 1 aliphatic carbocycles. The molecule has 26 heavy (non-hydrogen) atoms. The number of fused-ring (bicyclic) bond motifs is 2. The minimum atomic E-state index is -1.22. The fraction of sp³-hybridized carbons (Fsp3) is 0.273. The number of ketones is 1. The Morgan fingerprint density at radius 2 is 1.81 bits per heavy atom. The third kappa shape index (κ3) is 3.03. The van der Waals surface area contributed by atoms with E-state index in [2.05, 4.69) is 4.98 Å². The molecule has 0 bridgehead atoms. The molecule has 0 spiro atoms. The molecule has 0 saturated carbocycles. The van der Waals surface area contributed by atoms with Crippen molar-refractivity contribution in [2.45, 2.75) is 38.0 Å². The molecule has 0 radical (unpaired) electrons. The van der Waals surface area contributed by atoms with Crippen LogP contribution in [-0.2, 0) is 17.6 Å². The molecule has 4 rings (SSSR count). The molecule has 0 amide bonds. The van der Waals surface area contributed by atoms with E-state index < -0.39 is 11.9 Å². The van der Waals surface area contributed by atoms with Gasteiger partial charge in [0.2, 0.25) is 0 Å². The third-order valence-electron chi connectivity index (χ3n) is 5.34. The maximum Gasteiger partial charge on any atom is 0.163 e. The lowest BCUT2D eigenvalue weighted by Gasteiger charge is -2.19. The Bertz CT molecular complexity index is 986. The molecule has 1 atom stereocenters. The number of carbonyl (C=O) groups is 2. The maximum atomic E-state index is 12.8. The summed E-state index contributed by atoms with van der Waals surface area (Å²) in [4.78, 5) is 27.6. The van der Waals surface area contributed by atoms with Gasteiger partial charge in [0, 0.05) is 41.0 Å². The van der Waals surface area contributed by atoms with Crippen molar-refractivity contribution in [3.05, 3.63) is 70.9 Å². The molecular weight excluding hydrogens is 326 g/mol. The SMILES string of the molecule is O=C(C[C@@H](C(=O)[O-])c1c[nH]c2ccccc12)c1ccc2c(c1)CCCC2. The van der Waals surface area contributed by atoms with Gasteiger partial charge in [0.25, 0.3) is 0 Å². The zero-order chi connectivity index (χ0) is 18.1. The van der Waals surface area contributed by atoms with Crippen LogP contribution in [0.5, 0.6) is 0 Å². The summed E-state index contributed by atoms with van der Waals surface area (Å²) in [6.45, 7) is 0. The smallest absolute Gasteiger partial charge is 0.163 e. The molecule has 4 nitrogen and oxygen atoms in total. The molecule has 0 unspecified atom stereocenters. The molecular formula is C22H20NO3-. The number of carboxylic acid groups (broad SMARTS) is 1. The van der Waals surface area contributed by atoms with Crippen molar-refractivity contribution in [2.24, 2.45) is 0 Å². The van der Waals surface area contributed by atoms with Crippen LogP contribution < -0.4 is 5.11 Å². The van der Waals surface area contributed by atoms with E-state index in [1.807, 2.05) is 42.5 Å². The minimum Gasteiger partial charge on any atom is -0.549 e. The maximum absolute atomic E-state index is 12.8. The van der Waals surface area contributed by atoms with Gasteiger partial charge in [0.05, 0.1) is 0 Å². The number of Topliss-reactive ketones (excluding diaryl/α,β-unsaturated/α-hetero) is 1. The van der Waals surface area contributed by atoms with Gasteiger partial charge in [-0.2, -0.15) is 0 Å². The lowest BCUT2D eigenvalue weighted by molar-refractivity contribution is -0.307. The molecule has 1 aromatic heterocycles. The number of hydrogen-bond donors (Lipinski definition) is 1. The summed E-state index contributed by atoms with van der Waals surface area (Å²) in [5, 5.41) is 12.6. The first-order valence-corrected chi connectivity index (χ1v) is 9.05. The summed E-state index contributed by atoms with van der Waals surface area (Å²) < 4.78 is 0. The molecule has 1 aliphatic rings. The topological polar surface area (TPSA) is 73.0 Å². The Hall–Kier alpha value is -2.88. The first kappa shape index (κ1) is 16.6. The van der Waals surface area contributed by atoms with Crippen molar-refractivity contribution >= 4 is 22.7 Å². The van der Waals surface area contributed by atoms with Gasteiger partial charge < -0.3 is 14.9 Å². The molecule has 2 aromatic carbocycles. The van der Waals surface area contributed by atoms with Crippen LogP contribution in [0.3, 0.4) is 0 Å². The molecule has 1 heterocycles. The molecule has 0 saturated heterocycles. The summed E-state index contributed by atoms with van der Waals surface area (Å²) in [5.41, 5.74) is 4.58. The van der Waals surface area contributed by atoms with E-state index in [4.69, 9.17) is 0 Å². The predicted octanol–water partition coefficient (Wildman–Crippen LogP) is 3.15. The highest BCUT2D eigenvalue weighted by molar-refractivity contribution is 6.00. The highest BCUT2D eigenvalue weighted by atomic mass is 16.4. The highest BCUT2D eigenvalue weighted by Gasteiger charge is 2.22. The van der Waals surface area contributed by atoms with E-state index >= 15 is 0 Å². The lowest BCUT2D eigenvalue weighted by atomic mass is 9.87. The number of rotatable bonds is 5. The van der Waals surface area contributed by atoms with Crippen molar-refractivity contribution in [3.8, 4) is 0 Å². The van der Waals surface area contributed by atoms with Crippen molar-refractivity contribution in [3.63, 3.8) is 0 Å². The molecule has 0 fully saturated rings. The van der Waals surface area contributed by atoms with Gasteiger partial charge in [-0.25, -0.2) is 0 Å². The number of carboxylic acids is 1. The van der Waals surface area contributed by atoms with Gasteiger partial charge in [0.1, 0.15) is 0 Å². The van der Waals surface area contributed by atoms with Crippen molar-refractivity contribution in [2.75, 3.05) is 0 Å². The third-order valence-corrected chi connectivity index (χ3v) is 5.34. The lowest BCUT2D eigenvalue weighted by Crippen LogP contribution is -2.31. The van der Waals surface area contributed by atoms with E-state index in [1.165, 1.54) is 17.5 Å². The number of aryl methyl sites for hydroxylation is 2. The monoisotopic (exact) mass is 346 g/mol. The van der Waals surface area contributed by atoms with Crippen molar-refractivity contribution in [1.29, 1.82) is 0 Å². The van der Waals surface area contributed by atoms with Crippen LogP contribution in [0.1, 0.15) is 52.2 Å². The van der Waals surface area contributed by atoms with E-state index in [0.717, 1.165) is 30.2 Å². The van der Waals surface area contributed by atoms with Gasteiger partial charge in [-0.15, -0.1) is 0 Å². The van der Waals surface area contributed by atoms with E-state index in [1.54, 1.807) is 6.20 Å². The number of hydrogen-bond acceptors (Lipinski definition) is 3. The Labute approximate surface area is 151 Å². The van der Waals surface area contributed by atoms with E-state index in [9.17, 15) is 14.7 Å². The second kappa shape index (κ2) is 6.79. The van der Waals surface area contributed by atoms with Crippen LogP contribution >= 0.6 is 0 Å². The molecule has 132 valence electrons. The minimum absolute atomic E-state index is 0.0943. The fourth-order valence-corrected chi connectivity index (χ4v) is 3.91. The highest BCUT2D eigenvalue weighted by Crippen LogP contribution is 2.29. The van der Waals surface area contributed by atoms with Crippen LogP contribution in [0.4, 0.5) is 0 Å². The normalized spacial score (nSPS) is 14.8. The summed E-state index contributed by atoms with van der Waals surface area (Å²) in [6.07, 6.45) is 5.95. The van der Waals surface area contributed by atoms with Crippen LogP contribution in [-0.4, -0.2) is 16.7 Å². The van der Waals surface area contributed by atoms with Crippen molar-refractivity contribution < 1.29 is 14.7 Å². The number of nitrogens with one attached hydrogen (secondary N) is 1. The standard InChI is InChI=1S/C22H21NO3/c24-21(16-10-9-14-5-1-2-6-15(14)11-16)12-18(22(25)26)19-13-23-20-8-4-3-7-17(19)20/h3-4,7-11,13,18,23H,1-2,5-6,12H2,(H,25,26)/p-1/t18-/m1/s1. The Morgan fingerprint density at radius 3 is 2.62 bits per heavy atom. The molecule has 1 N–H and O–H groups in total. The number of benzene rings is 2. The van der Waals surface area contributed by atoms with Gasteiger partial charge in [-0.3, -0.25) is 4.79 Å². The summed E-state index contributed by atoms with van der Waals surface area (Å²) in [5.74, 6) is -2.34. The molecule has 0 aliphatic heterocycles. The summed E-state index contributed by atoms with van der Waals surface area (Å²) in [6, 6.07) is 13.3. The molecule has 4 heteroatoms.